The average molecular weight is 344 g/mol. The zero-order valence-electron chi connectivity index (χ0n) is 5.39. The van der Waals surface area contributed by atoms with E-state index in [0.717, 1.165) is 8.18 Å². The summed E-state index contributed by atoms with van der Waals surface area (Å²) in [6.45, 7) is 0. The van der Waals surface area contributed by atoms with Gasteiger partial charge in [0.2, 0.25) is 0 Å². The molecule has 0 atom stereocenters. The fraction of sp³-hybridized carbons (Fsp3) is 0. The Bertz CT molecular complexity index is 269. The maximum Gasteiger partial charge on any atom is 0.0866 e. The van der Waals surface area contributed by atoms with Gasteiger partial charge in [-0.15, -0.1) is 0 Å². The van der Waals surface area contributed by atoms with Crippen molar-refractivity contribution < 1.29 is 0 Å². The van der Waals surface area contributed by atoms with E-state index in [0.29, 0.717) is 5.03 Å². The lowest BCUT2D eigenvalue weighted by molar-refractivity contribution is 1.29. The van der Waals surface area contributed by atoms with E-state index >= 15 is 0 Å². The highest BCUT2D eigenvalue weighted by atomic mass is 127. The monoisotopic (exact) mass is 343 g/mol. The first-order valence-electron chi connectivity index (χ1n) is 2.84. The Morgan fingerprint density at radius 2 is 2.27 bits per heavy atom. The van der Waals surface area contributed by atoms with E-state index in [2.05, 4.69) is 43.5 Å². The highest BCUT2D eigenvalue weighted by Crippen LogP contribution is 2.29. The average Bonchev–Trinajstić information content (AvgIpc) is 2.05. The molecular weight excluding hydrogens is 340 g/mol. The topological polar surface area (TPSA) is 12.9 Å². The summed E-state index contributed by atoms with van der Waals surface area (Å²) in [5.74, 6) is 0. The summed E-state index contributed by atoms with van der Waals surface area (Å²) < 4.78 is 0.871. The Kier molecular flexibility index (Phi) is 3.81. The minimum Gasteiger partial charge on any atom is -0.255 e. The minimum atomic E-state index is 0.645. The molecule has 0 saturated carbocycles. The molecule has 58 valence electrons. The number of rotatable bonds is 1. The molecule has 0 bridgehead atoms. The van der Waals surface area contributed by atoms with Crippen molar-refractivity contribution >= 4 is 55.2 Å². The molecule has 0 aliphatic rings. The van der Waals surface area contributed by atoms with Crippen molar-refractivity contribution in [1.82, 2.24) is 4.98 Å². The van der Waals surface area contributed by atoms with Crippen molar-refractivity contribution in [3.8, 4) is 0 Å². The molecule has 0 unspecified atom stereocenters. The molecule has 0 aliphatic heterocycles. The number of aromatic nitrogens is 1. The first-order chi connectivity index (χ1) is 5.22. The molecule has 0 aliphatic carbocycles. The first kappa shape index (κ1) is 9.48. The van der Waals surface area contributed by atoms with Crippen LogP contribution in [0.3, 0.4) is 0 Å². The van der Waals surface area contributed by atoms with Gasteiger partial charge in [0.05, 0.1) is 13.2 Å². The summed E-state index contributed by atoms with van der Waals surface area (Å²) in [6, 6.07) is 5.62. The summed E-state index contributed by atoms with van der Waals surface area (Å²) in [4.78, 5) is 4.08. The van der Waals surface area contributed by atoms with Crippen molar-refractivity contribution in [2.24, 2.45) is 0 Å². The number of hydrogen-bond acceptors (Lipinski definition) is 1. The summed E-state index contributed by atoms with van der Waals surface area (Å²) in [5.41, 5.74) is 0.787. The normalized spacial score (nSPS) is 12.6. The molecule has 0 saturated heterocycles. The van der Waals surface area contributed by atoms with Crippen molar-refractivity contribution in [1.29, 1.82) is 0 Å². The Hall–Kier alpha value is 0.390. The van der Waals surface area contributed by atoms with Crippen LogP contribution < -0.4 is 0 Å². The predicted molar refractivity (Wildman–Crippen MR) is 60.0 cm³/mol. The molecule has 0 aromatic carbocycles. The molecule has 4 heteroatoms. The first-order valence-corrected chi connectivity index (χ1v) is 5.09. The largest absolute Gasteiger partial charge is 0.255 e. The SMILES string of the molecule is Cl/C(=C(\Br)I)c1ccccn1. The van der Waals surface area contributed by atoms with Crippen LogP contribution in [0.4, 0.5) is 0 Å². The van der Waals surface area contributed by atoms with Crippen molar-refractivity contribution in [2.45, 2.75) is 0 Å². The van der Waals surface area contributed by atoms with Crippen LogP contribution in [0.25, 0.3) is 5.03 Å². The summed E-state index contributed by atoms with van der Waals surface area (Å²) in [7, 11) is 0. The van der Waals surface area contributed by atoms with Gasteiger partial charge in [-0.2, -0.15) is 0 Å². The van der Waals surface area contributed by atoms with Gasteiger partial charge in [-0.25, -0.2) is 0 Å². The van der Waals surface area contributed by atoms with Crippen LogP contribution in [-0.4, -0.2) is 4.98 Å². The molecule has 0 N–H and O–H groups in total. The molecule has 1 aromatic rings. The number of nitrogens with zero attached hydrogens (tertiary/aromatic N) is 1. The maximum atomic E-state index is 5.90. The van der Waals surface area contributed by atoms with Crippen molar-refractivity contribution in [3.63, 3.8) is 0 Å². The van der Waals surface area contributed by atoms with Crippen LogP contribution in [0.5, 0.6) is 0 Å². The van der Waals surface area contributed by atoms with E-state index in [1.165, 1.54) is 0 Å². The number of halogens is 3. The Labute approximate surface area is 92.1 Å². The molecule has 1 rings (SSSR count). The van der Waals surface area contributed by atoms with Gasteiger partial charge in [-0.3, -0.25) is 4.98 Å². The second-order valence-corrected chi connectivity index (χ2v) is 5.52. The third-order valence-corrected chi connectivity index (χ3v) is 2.92. The smallest absolute Gasteiger partial charge is 0.0866 e. The summed E-state index contributed by atoms with van der Waals surface area (Å²) in [6.07, 6.45) is 1.71. The van der Waals surface area contributed by atoms with E-state index < -0.39 is 0 Å². The molecule has 1 nitrogen and oxygen atoms in total. The van der Waals surface area contributed by atoms with Crippen molar-refractivity contribution in [2.75, 3.05) is 0 Å². The second-order valence-electron chi connectivity index (χ2n) is 1.79. The van der Waals surface area contributed by atoms with Crippen LogP contribution in [0.15, 0.2) is 26.9 Å². The third-order valence-electron chi connectivity index (χ3n) is 1.06. The van der Waals surface area contributed by atoms with Gasteiger partial charge in [-0.1, -0.05) is 17.7 Å². The third kappa shape index (κ3) is 2.72. The highest BCUT2D eigenvalue weighted by Gasteiger charge is 2.01. The van der Waals surface area contributed by atoms with E-state index in [1.807, 2.05) is 18.2 Å². The fourth-order valence-corrected chi connectivity index (χ4v) is 1.18. The Morgan fingerprint density at radius 3 is 2.73 bits per heavy atom. The van der Waals surface area contributed by atoms with Gasteiger partial charge in [0.1, 0.15) is 0 Å². The standard InChI is InChI=1S/C7H4BrClIN/c8-7(10)6(9)5-3-1-2-4-11-5/h1-4H/b7-6+. The van der Waals surface area contributed by atoms with E-state index in [9.17, 15) is 0 Å². The van der Waals surface area contributed by atoms with E-state index in [1.54, 1.807) is 6.20 Å². The van der Waals surface area contributed by atoms with Gasteiger partial charge in [0.25, 0.3) is 0 Å². The van der Waals surface area contributed by atoms with Crippen LogP contribution >= 0.6 is 50.1 Å². The Morgan fingerprint density at radius 1 is 1.55 bits per heavy atom. The zero-order valence-corrected chi connectivity index (χ0v) is 9.89. The Balaban J connectivity index is 3.04. The zero-order chi connectivity index (χ0) is 8.27. The molecule has 1 aromatic heterocycles. The number of hydrogen-bond donors (Lipinski definition) is 0. The van der Waals surface area contributed by atoms with Gasteiger partial charge < -0.3 is 0 Å². The van der Waals surface area contributed by atoms with Gasteiger partial charge in [0.15, 0.2) is 0 Å². The van der Waals surface area contributed by atoms with Gasteiger partial charge in [-0.05, 0) is 50.7 Å². The van der Waals surface area contributed by atoms with E-state index in [4.69, 9.17) is 11.6 Å². The molecule has 0 spiro atoms. The molecule has 11 heavy (non-hydrogen) atoms. The molecule has 0 fully saturated rings. The molecule has 0 radical (unpaired) electrons. The minimum absolute atomic E-state index is 0.645. The lowest BCUT2D eigenvalue weighted by Crippen LogP contribution is -1.80. The van der Waals surface area contributed by atoms with Gasteiger partial charge in [0, 0.05) is 6.20 Å². The van der Waals surface area contributed by atoms with E-state index in [-0.39, 0.29) is 0 Å². The van der Waals surface area contributed by atoms with Crippen LogP contribution in [-0.2, 0) is 0 Å². The lowest BCUT2D eigenvalue weighted by Gasteiger charge is -1.96. The predicted octanol–water partition coefficient (Wildman–Crippen LogP) is 3.78. The maximum absolute atomic E-state index is 5.90. The highest BCUT2D eigenvalue weighted by molar-refractivity contribution is 14.1. The molecular formula is C7H4BrClIN. The summed E-state index contributed by atoms with van der Waals surface area (Å²) >= 11 is 11.3. The van der Waals surface area contributed by atoms with Crippen LogP contribution in [0, 0.1) is 0 Å². The van der Waals surface area contributed by atoms with Crippen molar-refractivity contribution in [3.05, 3.63) is 32.6 Å². The molecule has 0 amide bonds. The van der Waals surface area contributed by atoms with Gasteiger partial charge >= 0.3 is 0 Å². The summed E-state index contributed by atoms with van der Waals surface area (Å²) in [5, 5.41) is 0.645. The van der Waals surface area contributed by atoms with Crippen LogP contribution in [0.1, 0.15) is 5.69 Å². The quantitative estimate of drug-likeness (QED) is 0.707. The van der Waals surface area contributed by atoms with Crippen LogP contribution in [0.2, 0.25) is 0 Å². The lowest BCUT2D eigenvalue weighted by atomic mass is 10.3. The fourth-order valence-electron chi connectivity index (χ4n) is 0.589. The second kappa shape index (κ2) is 4.42. The number of pyridine rings is 1. The molecule has 1 heterocycles.